The second kappa shape index (κ2) is 7.68. The van der Waals surface area contributed by atoms with Gasteiger partial charge in [-0.2, -0.15) is 17.5 Å². The number of non-ortho nitro benzene ring substituents is 1. The van der Waals surface area contributed by atoms with Crippen molar-refractivity contribution in [3.8, 4) is 5.75 Å². The molecule has 1 N–H and O–H groups in total. The van der Waals surface area contributed by atoms with Crippen LogP contribution in [0.1, 0.15) is 12.8 Å². The molecule has 1 aromatic carbocycles. The van der Waals surface area contributed by atoms with Gasteiger partial charge in [0.25, 0.3) is 5.69 Å². The average Bonchev–Trinajstić information content (AvgIpc) is 3.09. The number of methoxy groups -OCH3 is 1. The SMILES string of the molecule is COc1ccc([N+](=O)[O-])cc1S(=O)(=O)N1CCCC1C(=O)NCC(F)(F)F. The third-order valence-electron chi connectivity index (χ3n) is 3.91. The minimum atomic E-state index is -4.64. The minimum Gasteiger partial charge on any atom is -0.495 e. The number of sulfonamides is 1. The first-order chi connectivity index (χ1) is 12.5. The van der Waals surface area contributed by atoms with Crippen LogP contribution in [-0.2, 0) is 14.8 Å². The summed E-state index contributed by atoms with van der Waals surface area (Å²) in [5.74, 6) is -1.26. The van der Waals surface area contributed by atoms with Crippen LogP contribution in [0.3, 0.4) is 0 Å². The zero-order valence-electron chi connectivity index (χ0n) is 14.0. The number of carbonyl (C=O) groups excluding carboxylic acids is 1. The molecule has 1 fully saturated rings. The molecule has 1 saturated heterocycles. The highest BCUT2D eigenvalue weighted by atomic mass is 32.2. The van der Waals surface area contributed by atoms with Crippen LogP contribution in [0.15, 0.2) is 23.1 Å². The molecule has 1 aliphatic rings. The van der Waals surface area contributed by atoms with E-state index in [1.165, 1.54) is 0 Å². The highest BCUT2D eigenvalue weighted by molar-refractivity contribution is 7.89. The van der Waals surface area contributed by atoms with Crippen molar-refractivity contribution in [2.45, 2.75) is 30.0 Å². The fraction of sp³-hybridized carbons (Fsp3) is 0.500. The molecule has 1 aliphatic heterocycles. The molecule has 0 aliphatic carbocycles. The molecule has 1 amide bonds. The first kappa shape index (κ1) is 20.9. The van der Waals surface area contributed by atoms with Crippen molar-refractivity contribution in [1.29, 1.82) is 0 Å². The lowest BCUT2D eigenvalue weighted by Gasteiger charge is -2.24. The van der Waals surface area contributed by atoms with E-state index in [4.69, 9.17) is 4.74 Å². The number of nitrogens with one attached hydrogen (secondary N) is 1. The van der Waals surface area contributed by atoms with E-state index >= 15 is 0 Å². The number of amides is 1. The van der Waals surface area contributed by atoms with Crippen LogP contribution in [-0.4, -0.2) is 56.0 Å². The predicted molar refractivity (Wildman–Crippen MR) is 85.6 cm³/mol. The van der Waals surface area contributed by atoms with Gasteiger partial charge in [-0.25, -0.2) is 8.42 Å². The average molecular weight is 411 g/mol. The van der Waals surface area contributed by atoms with Gasteiger partial charge in [0.2, 0.25) is 15.9 Å². The van der Waals surface area contributed by atoms with Gasteiger partial charge in [0.1, 0.15) is 23.2 Å². The lowest BCUT2D eigenvalue weighted by Crippen LogP contribution is -2.47. The molecule has 9 nitrogen and oxygen atoms in total. The summed E-state index contributed by atoms with van der Waals surface area (Å²) in [5.41, 5.74) is -0.508. The van der Waals surface area contributed by atoms with Gasteiger partial charge < -0.3 is 10.1 Å². The van der Waals surface area contributed by atoms with E-state index < -0.39 is 50.2 Å². The number of alkyl halides is 3. The van der Waals surface area contributed by atoms with Gasteiger partial charge in [-0.05, 0) is 18.9 Å². The summed E-state index contributed by atoms with van der Waals surface area (Å²) in [7, 11) is -3.26. The van der Waals surface area contributed by atoms with Crippen molar-refractivity contribution in [2.24, 2.45) is 0 Å². The normalized spacial score (nSPS) is 18.3. The Kier molecular flexibility index (Phi) is 5.94. The number of nitro benzene ring substituents is 1. The Morgan fingerprint density at radius 1 is 1.44 bits per heavy atom. The largest absolute Gasteiger partial charge is 0.495 e. The first-order valence-electron chi connectivity index (χ1n) is 7.66. The Morgan fingerprint density at radius 2 is 2.11 bits per heavy atom. The van der Waals surface area contributed by atoms with Crippen LogP contribution in [0.25, 0.3) is 0 Å². The number of nitro groups is 1. The van der Waals surface area contributed by atoms with Gasteiger partial charge in [-0.3, -0.25) is 14.9 Å². The van der Waals surface area contributed by atoms with E-state index in [1.807, 2.05) is 0 Å². The van der Waals surface area contributed by atoms with E-state index in [0.717, 1.165) is 29.6 Å². The Morgan fingerprint density at radius 3 is 2.67 bits per heavy atom. The number of ether oxygens (including phenoxy) is 1. The highest BCUT2D eigenvalue weighted by Gasteiger charge is 2.42. The molecule has 13 heteroatoms. The van der Waals surface area contributed by atoms with Crippen molar-refractivity contribution in [1.82, 2.24) is 9.62 Å². The summed E-state index contributed by atoms with van der Waals surface area (Å²) in [6.07, 6.45) is -4.36. The van der Waals surface area contributed by atoms with Gasteiger partial charge in [-0.1, -0.05) is 0 Å². The second-order valence-electron chi connectivity index (χ2n) is 5.70. The molecule has 1 atom stereocenters. The molecule has 0 spiro atoms. The van der Waals surface area contributed by atoms with Gasteiger partial charge >= 0.3 is 6.18 Å². The van der Waals surface area contributed by atoms with Crippen molar-refractivity contribution in [3.63, 3.8) is 0 Å². The van der Waals surface area contributed by atoms with Gasteiger partial charge in [0.05, 0.1) is 12.0 Å². The van der Waals surface area contributed by atoms with Gasteiger partial charge in [0.15, 0.2) is 0 Å². The Labute approximate surface area is 152 Å². The van der Waals surface area contributed by atoms with Crippen molar-refractivity contribution in [2.75, 3.05) is 20.2 Å². The maximum atomic E-state index is 12.9. The number of benzene rings is 1. The Hall–Kier alpha value is -2.41. The van der Waals surface area contributed by atoms with Crippen LogP contribution < -0.4 is 10.1 Å². The summed E-state index contributed by atoms with van der Waals surface area (Å²) in [6, 6.07) is 1.59. The van der Waals surface area contributed by atoms with Crippen LogP contribution in [0, 0.1) is 10.1 Å². The molecule has 1 aromatic rings. The number of nitrogens with zero attached hydrogens (tertiary/aromatic N) is 2. The minimum absolute atomic E-state index is 0.0279. The summed E-state index contributed by atoms with van der Waals surface area (Å²) in [5, 5.41) is 12.6. The molecule has 1 unspecified atom stereocenters. The van der Waals surface area contributed by atoms with Gasteiger partial charge in [0, 0.05) is 18.7 Å². The van der Waals surface area contributed by atoms with Crippen LogP contribution >= 0.6 is 0 Å². The predicted octanol–water partition coefficient (Wildman–Crippen LogP) is 1.43. The topological polar surface area (TPSA) is 119 Å². The first-order valence-corrected chi connectivity index (χ1v) is 9.10. The van der Waals surface area contributed by atoms with Crippen LogP contribution in [0.4, 0.5) is 18.9 Å². The van der Waals surface area contributed by atoms with E-state index in [2.05, 4.69) is 0 Å². The number of hydrogen-bond acceptors (Lipinski definition) is 6. The molecule has 0 radical (unpaired) electrons. The third kappa shape index (κ3) is 4.66. The van der Waals surface area contributed by atoms with Crippen LogP contribution in [0.2, 0.25) is 0 Å². The number of halogens is 3. The molecule has 0 bridgehead atoms. The summed E-state index contributed by atoms with van der Waals surface area (Å²) in [6.45, 7) is -1.70. The summed E-state index contributed by atoms with van der Waals surface area (Å²) in [4.78, 5) is 21.7. The molecule has 1 heterocycles. The molecule has 2 rings (SSSR count). The molecule has 27 heavy (non-hydrogen) atoms. The summed E-state index contributed by atoms with van der Waals surface area (Å²) >= 11 is 0. The summed E-state index contributed by atoms with van der Waals surface area (Å²) < 4.78 is 68.4. The number of hydrogen-bond donors (Lipinski definition) is 1. The second-order valence-corrected chi connectivity index (χ2v) is 7.56. The number of carbonyl (C=O) groups is 1. The fourth-order valence-corrected chi connectivity index (χ4v) is 4.54. The third-order valence-corrected chi connectivity index (χ3v) is 5.84. The molecular formula is C14H16F3N3O6S. The van der Waals surface area contributed by atoms with Crippen molar-refractivity contribution >= 4 is 21.6 Å². The fourth-order valence-electron chi connectivity index (χ4n) is 2.70. The zero-order chi connectivity index (χ0) is 20.4. The maximum Gasteiger partial charge on any atom is 0.405 e. The number of rotatable bonds is 6. The van der Waals surface area contributed by atoms with Crippen molar-refractivity contribution < 1.29 is 36.0 Å². The zero-order valence-corrected chi connectivity index (χ0v) is 14.8. The van der Waals surface area contributed by atoms with Crippen molar-refractivity contribution in [3.05, 3.63) is 28.3 Å². The standard InChI is InChI=1S/C14H16F3N3O6S/c1-26-11-5-4-9(20(22)23)7-12(11)27(24,25)19-6-2-3-10(19)13(21)18-8-14(15,16)17/h4-5,7,10H,2-3,6,8H2,1H3,(H,18,21). The maximum absolute atomic E-state index is 12.9. The monoisotopic (exact) mass is 411 g/mol. The van der Waals surface area contributed by atoms with E-state index in [1.54, 1.807) is 5.32 Å². The molecule has 0 saturated carbocycles. The lowest BCUT2D eigenvalue weighted by molar-refractivity contribution is -0.385. The van der Waals surface area contributed by atoms with E-state index in [-0.39, 0.29) is 25.1 Å². The quantitative estimate of drug-likeness (QED) is 0.559. The Bertz CT molecular complexity index is 843. The van der Waals surface area contributed by atoms with Crippen LogP contribution in [0.5, 0.6) is 5.75 Å². The van der Waals surface area contributed by atoms with Gasteiger partial charge in [-0.15, -0.1) is 0 Å². The van der Waals surface area contributed by atoms with E-state index in [9.17, 15) is 36.5 Å². The molecule has 150 valence electrons. The smallest absolute Gasteiger partial charge is 0.405 e. The molecule has 0 aromatic heterocycles. The highest BCUT2D eigenvalue weighted by Crippen LogP contribution is 2.34. The lowest BCUT2D eigenvalue weighted by atomic mass is 10.2. The molecular weight excluding hydrogens is 395 g/mol. The Balaban J connectivity index is 2.36. The van der Waals surface area contributed by atoms with E-state index in [0.29, 0.717) is 0 Å².